The number of carbonyl (C=O) groups excluding carboxylic acids is 1. The van der Waals surface area contributed by atoms with Crippen molar-refractivity contribution in [2.75, 3.05) is 11.9 Å². The molecule has 0 fully saturated rings. The van der Waals surface area contributed by atoms with E-state index in [1.54, 1.807) is 0 Å². The zero-order valence-electron chi connectivity index (χ0n) is 13.0. The summed E-state index contributed by atoms with van der Waals surface area (Å²) in [4.78, 5) is 21.6. The molecule has 0 aliphatic carbocycles. The molecule has 1 aromatic rings. The van der Waals surface area contributed by atoms with Crippen molar-refractivity contribution < 1.29 is 14.5 Å². The summed E-state index contributed by atoms with van der Waals surface area (Å²) in [5.74, 6) is 0. The monoisotopic (exact) mass is 308 g/mol. The molecule has 1 rings (SSSR count). The molecule has 6 heteroatoms. The molecule has 0 unspecified atom stereocenters. The van der Waals surface area contributed by atoms with Gasteiger partial charge in [-0.05, 0) is 18.6 Å². The summed E-state index contributed by atoms with van der Waals surface area (Å²) < 4.78 is 5.07. The van der Waals surface area contributed by atoms with Crippen LogP contribution in [0.4, 0.5) is 16.2 Å². The molecule has 0 atom stereocenters. The summed E-state index contributed by atoms with van der Waals surface area (Å²) in [6.07, 6.45) is 7.61. The van der Waals surface area contributed by atoms with Crippen LogP contribution in [0.2, 0.25) is 0 Å². The second kappa shape index (κ2) is 10.6. The van der Waals surface area contributed by atoms with Gasteiger partial charge in [0, 0.05) is 17.8 Å². The number of amides is 1. The van der Waals surface area contributed by atoms with Gasteiger partial charge in [0.15, 0.2) is 0 Å². The van der Waals surface area contributed by atoms with Crippen LogP contribution in [0.15, 0.2) is 24.3 Å². The summed E-state index contributed by atoms with van der Waals surface area (Å²) in [6.45, 7) is 2.59. The van der Waals surface area contributed by atoms with E-state index in [2.05, 4.69) is 12.2 Å². The number of unbranched alkanes of at least 4 members (excludes halogenated alkanes) is 6. The molecular weight excluding hydrogens is 284 g/mol. The molecule has 1 amide bonds. The van der Waals surface area contributed by atoms with E-state index < -0.39 is 11.0 Å². The molecule has 0 aliphatic rings. The number of hydrogen-bond donors (Lipinski definition) is 1. The van der Waals surface area contributed by atoms with Gasteiger partial charge >= 0.3 is 6.09 Å². The van der Waals surface area contributed by atoms with Gasteiger partial charge in [-0.1, -0.05) is 45.4 Å². The first-order valence-electron chi connectivity index (χ1n) is 7.81. The maximum Gasteiger partial charge on any atom is 0.411 e. The molecule has 0 saturated carbocycles. The van der Waals surface area contributed by atoms with Gasteiger partial charge in [0.1, 0.15) is 0 Å². The van der Waals surface area contributed by atoms with Crippen LogP contribution in [-0.2, 0) is 4.74 Å². The Morgan fingerprint density at radius 3 is 2.27 bits per heavy atom. The summed E-state index contributed by atoms with van der Waals surface area (Å²) >= 11 is 0. The van der Waals surface area contributed by atoms with Crippen LogP contribution in [0.25, 0.3) is 0 Å². The third-order valence-electron chi connectivity index (χ3n) is 3.31. The van der Waals surface area contributed by atoms with Crippen LogP contribution in [0.5, 0.6) is 0 Å². The van der Waals surface area contributed by atoms with E-state index in [1.807, 2.05) is 0 Å². The average Bonchev–Trinajstić information content (AvgIpc) is 2.50. The van der Waals surface area contributed by atoms with Gasteiger partial charge in [-0.3, -0.25) is 15.4 Å². The zero-order chi connectivity index (χ0) is 16.2. The molecule has 122 valence electrons. The first kappa shape index (κ1) is 17.9. The van der Waals surface area contributed by atoms with E-state index in [-0.39, 0.29) is 5.69 Å². The Morgan fingerprint density at radius 1 is 1.09 bits per heavy atom. The number of nitrogens with one attached hydrogen (secondary N) is 1. The summed E-state index contributed by atoms with van der Waals surface area (Å²) in [7, 11) is 0. The van der Waals surface area contributed by atoms with Gasteiger partial charge in [-0.15, -0.1) is 0 Å². The Hall–Kier alpha value is -2.11. The molecule has 0 bridgehead atoms. The van der Waals surface area contributed by atoms with Crippen LogP contribution in [0.1, 0.15) is 51.9 Å². The molecule has 0 saturated heterocycles. The number of nitrogens with zero attached hydrogens (tertiary/aromatic N) is 1. The number of non-ortho nitro benzene ring substituents is 1. The summed E-state index contributed by atoms with van der Waals surface area (Å²) in [5, 5.41) is 13.1. The maximum absolute atomic E-state index is 11.5. The molecule has 22 heavy (non-hydrogen) atoms. The fraction of sp³-hybridized carbons (Fsp3) is 0.562. The summed E-state index contributed by atoms with van der Waals surface area (Å²) in [6, 6.07) is 5.64. The first-order valence-corrected chi connectivity index (χ1v) is 7.81. The predicted molar refractivity (Wildman–Crippen MR) is 86.1 cm³/mol. The van der Waals surface area contributed by atoms with Crippen molar-refractivity contribution in [3.63, 3.8) is 0 Å². The number of nitro groups is 1. The van der Waals surface area contributed by atoms with Crippen LogP contribution in [0.3, 0.4) is 0 Å². The smallest absolute Gasteiger partial charge is 0.411 e. The van der Waals surface area contributed by atoms with Gasteiger partial charge < -0.3 is 4.74 Å². The quantitative estimate of drug-likeness (QED) is 0.379. The highest BCUT2D eigenvalue weighted by molar-refractivity contribution is 5.84. The van der Waals surface area contributed by atoms with Gasteiger partial charge in [-0.2, -0.15) is 0 Å². The van der Waals surface area contributed by atoms with Crippen molar-refractivity contribution in [2.24, 2.45) is 0 Å². The Kier molecular flexibility index (Phi) is 8.64. The average molecular weight is 308 g/mol. The van der Waals surface area contributed by atoms with E-state index in [0.717, 1.165) is 12.8 Å². The number of rotatable bonds is 10. The first-order chi connectivity index (χ1) is 10.6. The minimum atomic E-state index is -0.528. The number of carbonyl (C=O) groups is 1. The number of ether oxygens (including phenoxy) is 1. The molecule has 0 aromatic heterocycles. The highest BCUT2D eigenvalue weighted by Gasteiger charge is 2.06. The van der Waals surface area contributed by atoms with Gasteiger partial charge in [0.2, 0.25) is 0 Å². The highest BCUT2D eigenvalue weighted by atomic mass is 16.6. The number of nitro benzene ring substituents is 1. The van der Waals surface area contributed by atoms with Crippen molar-refractivity contribution >= 4 is 17.5 Å². The van der Waals surface area contributed by atoms with Crippen molar-refractivity contribution in [1.82, 2.24) is 0 Å². The standard InChI is InChI=1S/C16H24N2O4/c1-2-3-4-5-6-7-8-13-22-16(19)17-14-9-11-15(12-10-14)18(20)21/h9-12H,2-8,13H2,1H3,(H,17,19). The molecule has 1 N–H and O–H groups in total. The summed E-state index contributed by atoms with van der Waals surface area (Å²) in [5.41, 5.74) is 0.470. The third-order valence-corrected chi connectivity index (χ3v) is 3.31. The second-order valence-electron chi connectivity index (χ2n) is 5.19. The Morgan fingerprint density at radius 2 is 1.68 bits per heavy atom. The zero-order valence-corrected chi connectivity index (χ0v) is 13.0. The van der Waals surface area contributed by atoms with Gasteiger partial charge in [0.05, 0.1) is 11.5 Å². The van der Waals surface area contributed by atoms with Gasteiger partial charge in [0.25, 0.3) is 5.69 Å². The second-order valence-corrected chi connectivity index (χ2v) is 5.19. The lowest BCUT2D eigenvalue weighted by Crippen LogP contribution is -2.14. The molecule has 0 heterocycles. The van der Waals surface area contributed by atoms with E-state index in [4.69, 9.17) is 4.74 Å². The van der Waals surface area contributed by atoms with E-state index >= 15 is 0 Å². The van der Waals surface area contributed by atoms with Crippen molar-refractivity contribution in [1.29, 1.82) is 0 Å². The lowest BCUT2D eigenvalue weighted by Gasteiger charge is -2.07. The largest absolute Gasteiger partial charge is 0.449 e. The topological polar surface area (TPSA) is 81.5 Å². The Balaban J connectivity index is 2.12. The normalized spacial score (nSPS) is 10.2. The minimum Gasteiger partial charge on any atom is -0.449 e. The van der Waals surface area contributed by atoms with Gasteiger partial charge in [-0.25, -0.2) is 4.79 Å². The molecule has 0 aliphatic heterocycles. The molecular formula is C16H24N2O4. The predicted octanol–water partition coefficient (Wildman–Crippen LogP) is 4.89. The fourth-order valence-electron chi connectivity index (χ4n) is 2.04. The maximum atomic E-state index is 11.5. The SMILES string of the molecule is CCCCCCCCCOC(=O)Nc1ccc([N+](=O)[O-])cc1. The van der Waals surface area contributed by atoms with Crippen molar-refractivity contribution in [3.8, 4) is 0 Å². The molecule has 6 nitrogen and oxygen atoms in total. The number of hydrogen-bond acceptors (Lipinski definition) is 4. The van der Waals surface area contributed by atoms with Crippen molar-refractivity contribution in [2.45, 2.75) is 51.9 Å². The fourth-order valence-corrected chi connectivity index (χ4v) is 2.04. The lowest BCUT2D eigenvalue weighted by molar-refractivity contribution is -0.384. The molecule has 0 spiro atoms. The Labute approximate surface area is 131 Å². The van der Waals surface area contributed by atoms with E-state index in [9.17, 15) is 14.9 Å². The van der Waals surface area contributed by atoms with Crippen LogP contribution >= 0.6 is 0 Å². The molecule has 0 radical (unpaired) electrons. The van der Waals surface area contributed by atoms with E-state index in [0.29, 0.717) is 12.3 Å². The minimum absolute atomic E-state index is 0.0120. The van der Waals surface area contributed by atoms with Crippen molar-refractivity contribution in [3.05, 3.63) is 34.4 Å². The lowest BCUT2D eigenvalue weighted by atomic mass is 10.1. The number of benzene rings is 1. The van der Waals surface area contributed by atoms with Crippen LogP contribution < -0.4 is 5.32 Å². The van der Waals surface area contributed by atoms with E-state index in [1.165, 1.54) is 56.4 Å². The Bertz CT molecular complexity index is 460. The van der Waals surface area contributed by atoms with Crippen LogP contribution in [0, 0.1) is 10.1 Å². The number of anilines is 1. The van der Waals surface area contributed by atoms with Crippen LogP contribution in [-0.4, -0.2) is 17.6 Å². The molecule has 1 aromatic carbocycles. The highest BCUT2D eigenvalue weighted by Crippen LogP contribution is 2.15. The third kappa shape index (κ3) is 7.61.